The molecule has 1 aromatic heterocycles. The fraction of sp³-hybridized carbons (Fsp3) is 0.636. The van der Waals surface area contributed by atoms with E-state index in [-0.39, 0.29) is 0 Å². The summed E-state index contributed by atoms with van der Waals surface area (Å²) in [5, 5.41) is 8.05. The van der Waals surface area contributed by atoms with Gasteiger partial charge in [-0.1, -0.05) is 0 Å². The van der Waals surface area contributed by atoms with Gasteiger partial charge in [0.2, 0.25) is 0 Å². The molecule has 5 nitrogen and oxygen atoms in total. The minimum absolute atomic E-state index is 0.489. The molecule has 2 aliphatic heterocycles. The highest BCUT2D eigenvalue weighted by Gasteiger charge is 2.39. The summed E-state index contributed by atoms with van der Waals surface area (Å²) in [6, 6.07) is 3.79. The Balaban J connectivity index is 1.73. The predicted molar refractivity (Wildman–Crippen MR) is 63.1 cm³/mol. The van der Waals surface area contributed by atoms with E-state index in [9.17, 15) is 0 Å². The second kappa shape index (κ2) is 3.59. The quantitative estimate of drug-likeness (QED) is 0.723. The number of hydrogen-bond donors (Lipinski definition) is 1. The molecular formula is C11H17N5. The van der Waals surface area contributed by atoms with Gasteiger partial charge in [-0.3, -0.25) is 0 Å². The van der Waals surface area contributed by atoms with Crippen molar-refractivity contribution in [3.05, 3.63) is 12.1 Å². The molecule has 2 N–H and O–H groups in total. The number of rotatable bonds is 1. The van der Waals surface area contributed by atoms with Crippen molar-refractivity contribution < 1.29 is 0 Å². The smallest absolute Gasteiger partial charge is 0.151 e. The molecule has 0 unspecified atom stereocenters. The summed E-state index contributed by atoms with van der Waals surface area (Å²) in [5.74, 6) is 3.04. The first-order valence-corrected chi connectivity index (χ1v) is 5.75. The lowest BCUT2D eigenvalue weighted by Crippen LogP contribution is -2.27. The predicted octanol–water partition coefficient (Wildman–Crippen LogP) is 0.0566. The molecule has 0 amide bonds. The van der Waals surface area contributed by atoms with Crippen LogP contribution in [0.2, 0.25) is 0 Å². The largest absolute Gasteiger partial charge is 0.382 e. The normalized spacial score (nSPS) is 29.7. The van der Waals surface area contributed by atoms with Crippen LogP contribution in [-0.4, -0.2) is 48.3 Å². The highest BCUT2D eigenvalue weighted by Crippen LogP contribution is 2.32. The van der Waals surface area contributed by atoms with Gasteiger partial charge in [0.15, 0.2) is 5.82 Å². The van der Waals surface area contributed by atoms with Crippen molar-refractivity contribution in [2.24, 2.45) is 11.8 Å². The first kappa shape index (κ1) is 9.84. The van der Waals surface area contributed by atoms with Gasteiger partial charge in [-0.05, 0) is 31.0 Å². The van der Waals surface area contributed by atoms with Gasteiger partial charge in [-0.15, -0.1) is 10.2 Å². The summed E-state index contributed by atoms with van der Waals surface area (Å²) in [6.45, 7) is 4.63. The van der Waals surface area contributed by atoms with E-state index in [1.165, 1.54) is 13.1 Å². The van der Waals surface area contributed by atoms with Gasteiger partial charge < -0.3 is 15.5 Å². The van der Waals surface area contributed by atoms with Crippen LogP contribution in [0.25, 0.3) is 0 Å². The molecule has 3 rings (SSSR count). The molecule has 0 bridgehead atoms. The van der Waals surface area contributed by atoms with Crippen LogP contribution >= 0.6 is 0 Å². The van der Waals surface area contributed by atoms with Gasteiger partial charge in [-0.2, -0.15) is 0 Å². The van der Waals surface area contributed by atoms with Crippen molar-refractivity contribution in [3.63, 3.8) is 0 Å². The van der Waals surface area contributed by atoms with E-state index in [0.29, 0.717) is 5.82 Å². The molecule has 0 aromatic carbocycles. The van der Waals surface area contributed by atoms with E-state index in [2.05, 4.69) is 27.0 Å². The Morgan fingerprint density at radius 3 is 2.38 bits per heavy atom. The van der Waals surface area contributed by atoms with Crippen molar-refractivity contribution in [3.8, 4) is 0 Å². The van der Waals surface area contributed by atoms with E-state index in [1.807, 2.05) is 12.1 Å². The summed E-state index contributed by atoms with van der Waals surface area (Å²) < 4.78 is 0. The van der Waals surface area contributed by atoms with Crippen molar-refractivity contribution in [1.82, 2.24) is 15.1 Å². The van der Waals surface area contributed by atoms with Crippen molar-refractivity contribution in [2.75, 3.05) is 43.9 Å². The average Bonchev–Trinajstić information content (AvgIpc) is 2.75. The summed E-state index contributed by atoms with van der Waals surface area (Å²) in [4.78, 5) is 4.75. The molecule has 2 saturated heterocycles. The number of nitrogens with zero attached hydrogens (tertiary/aromatic N) is 4. The van der Waals surface area contributed by atoms with Crippen LogP contribution in [0, 0.1) is 11.8 Å². The van der Waals surface area contributed by atoms with Gasteiger partial charge in [0, 0.05) is 26.2 Å². The zero-order valence-corrected chi connectivity index (χ0v) is 9.50. The topological polar surface area (TPSA) is 58.3 Å². The summed E-state index contributed by atoms with van der Waals surface area (Å²) in [5.41, 5.74) is 5.54. The van der Waals surface area contributed by atoms with Gasteiger partial charge in [-0.25, -0.2) is 0 Å². The zero-order chi connectivity index (χ0) is 11.1. The van der Waals surface area contributed by atoms with Gasteiger partial charge >= 0.3 is 0 Å². The van der Waals surface area contributed by atoms with Crippen LogP contribution in [0.5, 0.6) is 0 Å². The molecule has 2 atom stereocenters. The summed E-state index contributed by atoms with van der Waals surface area (Å²) >= 11 is 0. The summed E-state index contributed by atoms with van der Waals surface area (Å²) in [7, 11) is 2.20. The SMILES string of the molecule is CN1C[C@H]2CN(c3ccc(N)nn3)C[C@@H]2C1. The number of fused-ring (bicyclic) bond motifs is 1. The van der Waals surface area contributed by atoms with E-state index in [0.717, 1.165) is 30.7 Å². The minimum Gasteiger partial charge on any atom is -0.382 e. The Morgan fingerprint density at radius 1 is 1.12 bits per heavy atom. The fourth-order valence-corrected chi connectivity index (χ4v) is 2.92. The van der Waals surface area contributed by atoms with E-state index in [4.69, 9.17) is 5.73 Å². The molecule has 0 spiro atoms. The lowest BCUT2D eigenvalue weighted by molar-refractivity contribution is 0.387. The third kappa shape index (κ3) is 1.61. The van der Waals surface area contributed by atoms with Crippen LogP contribution in [0.1, 0.15) is 0 Å². The number of nitrogen functional groups attached to an aromatic ring is 1. The van der Waals surface area contributed by atoms with Crippen molar-refractivity contribution in [2.45, 2.75) is 0 Å². The van der Waals surface area contributed by atoms with Crippen molar-refractivity contribution in [1.29, 1.82) is 0 Å². The second-order valence-corrected chi connectivity index (χ2v) is 4.96. The number of anilines is 2. The molecule has 2 fully saturated rings. The van der Waals surface area contributed by atoms with E-state index < -0.39 is 0 Å². The Labute approximate surface area is 95.2 Å². The van der Waals surface area contributed by atoms with Crippen LogP contribution < -0.4 is 10.6 Å². The van der Waals surface area contributed by atoms with Crippen LogP contribution in [-0.2, 0) is 0 Å². The third-order valence-electron chi connectivity index (χ3n) is 3.66. The zero-order valence-electron chi connectivity index (χ0n) is 9.50. The minimum atomic E-state index is 0.489. The maximum Gasteiger partial charge on any atom is 0.151 e. The monoisotopic (exact) mass is 219 g/mol. The van der Waals surface area contributed by atoms with Gasteiger partial charge in [0.05, 0.1) is 0 Å². The Kier molecular flexibility index (Phi) is 2.21. The van der Waals surface area contributed by atoms with Crippen molar-refractivity contribution >= 4 is 11.6 Å². The first-order chi connectivity index (χ1) is 7.72. The third-order valence-corrected chi connectivity index (χ3v) is 3.66. The van der Waals surface area contributed by atoms with E-state index >= 15 is 0 Å². The molecule has 1 aromatic rings. The van der Waals surface area contributed by atoms with Gasteiger partial charge in [0.25, 0.3) is 0 Å². The molecule has 86 valence electrons. The van der Waals surface area contributed by atoms with Gasteiger partial charge in [0.1, 0.15) is 5.82 Å². The molecule has 0 radical (unpaired) electrons. The highest BCUT2D eigenvalue weighted by molar-refractivity contribution is 5.42. The standard InChI is InChI=1S/C11H17N5/c1-15-4-8-6-16(7-9(8)5-15)11-3-2-10(12)13-14-11/h2-3,8-9H,4-7H2,1H3,(H2,12,13)/t8-,9-/m0/s1. The molecule has 3 heterocycles. The number of likely N-dealkylation sites (tertiary alicyclic amines) is 1. The number of aromatic nitrogens is 2. The van der Waals surface area contributed by atoms with Crippen LogP contribution in [0.3, 0.4) is 0 Å². The second-order valence-electron chi connectivity index (χ2n) is 4.96. The van der Waals surface area contributed by atoms with Crippen LogP contribution in [0.4, 0.5) is 11.6 Å². The Morgan fingerprint density at radius 2 is 1.81 bits per heavy atom. The molecule has 0 aliphatic carbocycles. The first-order valence-electron chi connectivity index (χ1n) is 5.75. The average molecular weight is 219 g/mol. The van der Waals surface area contributed by atoms with Crippen LogP contribution in [0.15, 0.2) is 12.1 Å². The lowest BCUT2D eigenvalue weighted by Gasteiger charge is -2.19. The maximum atomic E-state index is 5.54. The Hall–Kier alpha value is -1.36. The summed E-state index contributed by atoms with van der Waals surface area (Å²) in [6.07, 6.45) is 0. The molecule has 16 heavy (non-hydrogen) atoms. The number of nitrogens with two attached hydrogens (primary N) is 1. The fourth-order valence-electron chi connectivity index (χ4n) is 2.92. The number of hydrogen-bond acceptors (Lipinski definition) is 5. The molecule has 2 aliphatic rings. The van der Waals surface area contributed by atoms with E-state index in [1.54, 1.807) is 0 Å². The molecule has 5 heteroatoms. The lowest BCUT2D eigenvalue weighted by atomic mass is 10.0. The molecular weight excluding hydrogens is 202 g/mol. The maximum absolute atomic E-state index is 5.54. The Bertz CT molecular complexity index is 362. The molecule has 0 saturated carbocycles. The highest BCUT2D eigenvalue weighted by atomic mass is 15.3.